The van der Waals surface area contributed by atoms with Crippen LogP contribution < -0.4 is 10.2 Å². The Morgan fingerprint density at radius 3 is 2.10 bits per heavy atom. The Hall–Kier alpha value is -2.04. The first-order chi connectivity index (χ1) is 13.6. The van der Waals surface area contributed by atoms with E-state index in [-0.39, 0.29) is 23.8 Å². The van der Waals surface area contributed by atoms with Gasteiger partial charge in [-0.3, -0.25) is 9.59 Å². The van der Waals surface area contributed by atoms with Crippen molar-refractivity contribution < 1.29 is 9.59 Å². The van der Waals surface area contributed by atoms with Crippen molar-refractivity contribution in [2.45, 2.75) is 79.8 Å². The largest absolute Gasteiger partial charge is 0.377 e. The van der Waals surface area contributed by atoms with E-state index in [0.717, 1.165) is 36.2 Å². The van der Waals surface area contributed by atoms with E-state index in [4.69, 9.17) is 0 Å². The highest BCUT2D eigenvalue weighted by Crippen LogP contribution is 2.27. The molecule has 1 aromatic carbocycles. The van der Waals surface area contributed by atoms with Crippen molar-refractivity contribution in [2.75, 3.05) is 24.3 Å². The number of amides is 2. The Bertz CT molecular complexity index is 666. The molecule has 0 saturated carbocycles. The van der Waals surface area contributed by atoms with E-state index >= 15 is 0 Å². The summed E-state index contributed by atoms with van der Waals surface area (Å²) >= 11 is 0. The predicted octanol–water partition coefficient (Wildman–Crippen LogP) is 5.30. The van der Waals surface area contributed by atoms with Crippen molar-refractivity contribution in [3.63, 3.8) is 0 Å². The number of hydrogen-bond acceptors (Lipinski definition) is 3. The molecular formula is C24H41N3O2. The standard InChI is InChI=1S/C24H41N3O2/c1-9-18(6)27(24(29)19(10-2)11-3)16-20-15-21(12-13-22(20)26(7)8)25-23(28)14-17(4)5/h12-13,15,17-19H,9-11,14,16H2,1-8H3,(H,25,28)/t18-/m1/s1. The van der Waals surface area contributed by atoms with E-state index in [1.54, 1.807) is 0 Å². The lowest BCUT2D eigenvalue weighted by molar-refractivity contribution is -0.138. The Morgan fingerprint density at radius 2 is 1.62 bits per heavy atom. The van der Waals surface area contributed by atoms with Crippen LogP contribution in [0.25, 0.3) is 0 Å². The van der Waals surface area contributed by atoms with E-state index in [0.29, 0.717) is 18.9 Å². The van der Waals surface area contributed by atoms with Crippen LogP contribution in [0.1, 0.15) is 72.8 Å². The summed E-state index contributed by atoms with van der Waals surface area (Å²) < 4.78 is 0. The average molecular weight is 404 g/mol. The van der Waals surface area contributed by atoms with Crippen LogP contribution >= 0.6 is 0 Å². The molecule has 1 rings (SSSR count). The number of rotatable bonds is 11. The van der Waals surface area contributed by atoms with Gasteiger partial charge in [-0.2, -0.15) is 0 Å². The summed E-state index contributed by atoms with van der Waals surface area (Å²) in [6.45, 7) is 13.0. The number of nitrogens with zero attached hydrogens (tertiary/aromatic N) is 2. The predicted molar refractivity (Wildman–Crippen MR) is 123 cm³/mol. The molecule has 29 heavy (non-hydrogen) atoms. The molecule has 0 aromatic heterocycles. The van der Waals surface area contributed by atoms with Crippen molar-refractivity contribution in [1.29, 1.82) is 0 Å². The summed E-state index contributed by atoms with van der Waals surface area (Å²) in [4.78, 5) is 29.5. The minimum Gasteiger partial charge on any atom is -0.377 e. The zero-order chi connectivity index (χ0) is 22.1. The lowest BCUT2D eigenvalue weighted by atomic mass is 9.99. The summed E-state index contributed by atoms with van der Waals surface area (Å²) in [5.41, 5.74) is 2.91. The van der Waals surface area contributed by atoms with Gasteiger partial charge in [0.15, 0.2) is 0 Å². The zero-order valence-corrected chi connectivity index (χ0v) is 19.7. The minimum atomic E-state index is 0.0236. The van der Waals surface area contributed by atoms with Gasteiger partial charge < -0.3 is 15.1 Å². The molecule has 0 fully saturated rings. The van der Waals surface area contributed by atoms with Crippen LogP contribution in [-0.2, 0) is 16.1 Å². The molecule has 0 aliphatic heterocycles. The third kappa shape index (κ3) is 7.37. The highest BCUT2D eigenvalue weighted by molar-refractivity contribution is 5.91. The number of nitrogens with one attached hydrogen (secondary N) is 1. The first-order valence-electron chi connectivity index (χ1n) is 11.0. The van der Waals surface area contributed by atoms with Gasteiger partial charge >= 0.3 is 0 Å². The van der Waals surface area contributed by atoms with E-state index in [1.807, 2.05) is 51.0 Å². The second-order valence-corrected chi connectivity index (χ2v) is 8.62. The molecule has 0 saturated heterocycles. The van der Waals surface area contributed by atoms with Crippen molar-refractivity contribution in [3.8, 4) is 0 Å². The number of carbonyl (C=O) groups excluding carboxylic acids is 2. The Morgan fingerprint density at radius 1 is 1.00 bits per heavy atom. The molecule has 1 atom stereocenters. The first-order valence-corrected chi connectivity index (χ1v) is 11.0. The summed E-state index contributed by atoms with van der Waals surface area (Å²) in [7, 11) is 4.01. The van der Waals surface area contributed by atoms with Gasteiger partial charge in [-0.15, -0.1) is 0 Å². The molecule has 0 aliphatic carbocycles. The molecule has 0 radical (unpaired) electrons. The van der Waals surface area contributed by atoms with Crippen LogP contribution in [0.15, 0.2) is 18.2 Å². The van der Waals surface area contributed by atoms with Crippen molar-refractivity contribution >= 4 is 23.2 Å². The third-order valence-electron chi connectivity index (χ3n) is 5.52. The lowest BCUT2D eigenvalue weighted by Gasteiger charge is -2.33. The van der Waals surface area contributed by atoms with Gasteiger partial charge in [-0.1, -0.05) is 34.6 Å². The van der Waals surface area contributed by atoms with Gasteiger partial charge in [0, 0.05) is 50.4 Å². The fourth-order valence-corrected chi connectivity index (χ4v) is 3.54. The molecule has 5 nitrogen and oxygen atoms in total. The molecule has 0 unspecified atom stereocenters. The smallest absolute Gasteiger partial charge is 0.226 e. The topological polar surface area (TPSA) is 52.7 Å². The van der Waals surface area contributed by atoms with E-state index in [9.17, 15) is 9.59 Å². The van der Waals surface area contributed by atoms with Crippen molar-refractivity contribution in [2.24, 2.45) is 11.8 Å². The molecule has 0 bridgehead atoms. The molecule has 0 aliphatic rings. The van der Waals surface area contributed by atoms with Crippen molar-refractivity contribution in [1.82, 2.24) is 4.90 Å². The van der Waals surface area contributed by atoms with Gasteiger partial charge in [0.2, 0.25) is 11.8 Å². The number of carbonyl (C=O) groups is 2. The maximum Gasteiger partial charge on any atom is 0.226 e. The van der Waals surface area contributed by atoms with Gasteiger partial charge in [-0.05, 0) is 55.9 Å². The summed E-state index contributed by atoms with van der Waals surface area (Å²) in [5, 5.41) is 3.01. The molecule has 5 heteroatoms. The Labute approximate surface area is 177 Å². The summed E-state index contributed by atoms with van der Waals surface area (Å²) in [6.07, 6.45) is 3.12. The minimum absolute atomic E-state index is 0.0236. The molecule has 2 amide bonds. The maximum atomic E-state index is 13.2. The highest BCUT2D eigenvalue weighted by Gasteiger charge is 2.26. The van der Waals surface area contributed by atoms with Crippen LogP contribution in [0.4, 0.5) is 11.4 Å². The van der Waals surface area contributed by atoms with E-state index in [2.05, 4.69) is 37.9 Å². The average Bonchev–Trinajstić information content (AvgIpc) is 2.65. The van der Waals surface area contributed by atoms with Crippen LogP contribution in [0, 0.1) is 11.8 Å². The Kier molecular flexibility index (Phi) is 10.2. The SMILES string of the molecule is CCC(CC)C(=O)N(Cc1cc(NC(=O)CC(C)C)ccc1N(C)C)[C@H](C)CC. The quantitative estimate of drug-likeness (QED) is 0.545. The zero-order valence-electron chi connectivity index (χ0n) is 19.7. The fraction of sp³-hybridized carbons (Fsp3) is 0.667. The van der Waals surface area contributed by atoms with Crippen molar-refractivity contribution in [3.05, 3.63) is 23.8 Å². The highest BCUT2D eigenvalue weighted by atomic mass is 16.2. The number of hydrogen-bond donors (Lipinski definition) is 1. The van der Waals surface area contributed by atoms with E-state index < -0.39 is 0 Å². The molecule has 1 N–H and O–H groups in total. The molecule has 0 heterocycles. The molecule has 164 valence electrons. The Balaban J connectivity index is 3.23. The summed E-state index contributed by atoms with van der Waals surface area (Å²) in [5.74, 6) is 0.619. The second-order valence-electron chi connectivity index (χ2n) is 8.62. The maximum absolute atomic E-state index is 13.2. The fourth-order valence-electron chi connectivity index (χ4n) is 3.54. The van der Waals surface area contributed by atoms with Gasteiger partial charge in [0.25, 0.3) is 0 Å². The second kappa shape index (κ2) is 11.8. The normalized spacial score (nSPS) is 12.2. The van der Waals surface area contributed by atoms with Gasteiger partial charge in [0.1, 0.15) is 0 Å². The van der Waals surface area contributed by atoms with Gasteiger partial charge in [0.05, 0.1) is 0 Å². The van der Waals surface area contributed by atoms with Crippen LogP contribution in [0.5, 0.6) is 0 Å². The van der Waals surface area contributed by atoms with Gasteiger partial charge in [-0.25, -0.2) is 0 Å². The monoisotopic (exact) mass is 403 g/mol. The van der Waals surface area contributed by atoms with Crippen LogP contribution in [0.3, 0.4) is 0 Å². The lowest BCUT2D eigenvalue weighted by Crippen LogP contribution is -2.41. The first kappa shape index (κ1) is 25.0. The number of anilines is 2. The molecule has 1 aromatic rings. The van der Waals surface area contributed by atoms with Crippen LogP contribution in [-0.4, -0.2) is 36.9 Å². The van der Waals surface area contributed by atoms with Crippen LogP contribution in [0.2, 0.25) is 0 Å². The molecular weight excluding hydrogens is 362 g/mol. The summed E-state index contributed by atoms with van der Waals surface area (Å²) in [6, 6.07) is 6.14. The third-order valence-corrected chi connectivity index (χ3v) is 5.52. The molecule has 0 spiro atoms. The van der Waals surface area contributed by atoms with E-state index in [1.165, 1.54) is 0 Å². The number of benzene rings is 1.